The van der Waals surface area contributed by atoms with E-state index in [-0.39, 0.29) is 24.0 Å². The first-order valence-electron chi connectivity index (χ1n) is 5.01. The molecule has 0 aromatic carbocycles. The summed E-state index contributed by atoms with van der Waals surface area (Å²) in [6.45, 7) is 4.63. The van der Waals surface area contributed by atoms with E-state index < -0.39 is 18.5 Å². The van der Waals surface area contributed by atoms with Gasteiger partial charge in [0, 0.05) is 12.1 Å². The SMILES string of the molecule is C=C(C)C(=O)NCCC(=O)OCC(=O)NC(N)=S. The van der Waals surface area contributed by atoms with Gasteiger partial charge in [0.15, 0.2) is 11.7 Å². The molecule has 0 fully saturated rings. The van der Waals surface area contributed by atoms with Crippen LogP contribution in [0.3, 0.4) is 0 Å². The Hall–Kier alpha value is -1.96. The van der Waals surface area contributed by atoms with Gasteiger partial charge in [-0.25, -0.2) is 0 Å². The zero-order chi connectivity index (χ0) is 14.1. The lowest BCUT2D eigenvalue weighted by atomic mass is 10.3. The molecule has 0 aliphatic rings. The molecule has 0 heterocycles. The van der Waals surface area contributed by atoms with Crippen LogP contribution in [-0.4, -0.2) is 36.0 Å². The number of ether oxygens (including phenoxy) is 1. The fourth-order valence-electron chi connectivity index (χ4n) is 0.821. The third-order valence-corrected chi connectivity index (χ3v) is 1.73. The molecule has 0 spiro atoms. The average molecular weight is 273 g/mol. The molecule has 0 unspecified atom stereocenters. The van der Waals surface area contributed by atoms with E-state index in [0.717, 1.165) is 0 Å². The minimum atomic E-state index is -0.616. The van der Waals surface area contributed by atoms with Crippen LogP contribution in [0, 0.1) is 0 Å². The van der Waals surface area contributed by atoms with Gasteiger partial charge in [0.25, 0.3) is 5.91 Å². The molecule has 0 rings (SSSR count). The molecule has 7 nitrogen and oxygen atoms in total. The molecule has 0 saturated heterocycles. The smallest absolute Gasteiger partial charge is 0.308 e. The molecule has 100 valence electrons. The summed E-state index contributed by atoms with van der Waals surface area (Å²) in [5, 5.41) is 4.36. The number of nitrogens with one attached hydrogen (secondary N) is 2. The van der Waals surface area contributed by atoms with Crippen molar-refractivity contribution >= 4 is 35.1 Å². The summed E-state index contributed by atoms with van der Waals surface area (Å²) in [5.74, 6) is -1.56. The summed E-state index contributed by atoms with van der Waals surface area (Å²) in [6.07, 6.45) is -0.0423. The molecule has 2 amide bonds. The molecule has 0 aliphatic carbocycles. The van der Waals surface area contributed by atoms with Gasteiger partial charge in [-0.3, -0.25) is 14.4 Å². The quantitative estimate of drug-likeness (QED) is 0.324. The first kappa shape index (κ1) is 16.0. The van der Waals surface area contributed by atoms with Gasteiger partial charge in [0.05, 0.1) is 6.42 Å². The van der Waals surface area contributed by atoms with Crippen molar-refractivity contribution in [2.45, 2.75) is 13.3 Å². The Labute approximate surface area is 110 Å². The van der Waals surface area contributed by atoms with E-state index >= 15 is 0 Å². The minimum absolute atomic E-state index is 0.0423. The van der Waals surface area contributed by atoms with Crippen LogP contribution >= 0.6 is 12.2 Å². The lowest BCUT2D eigenvalue weighted by Crippen LogP contribution is -2.37. The van der Waals surface area contributed by atoms with Crippen LogP contribution in [-0.2, 0) is 19.1 Å². The number of carbonyl (C=O) groups is 3. The van der Waals surface area contributed by atoms with Gasteiger partial charge in [0.1, 0.15) is 0 Å². The number of rotatable bonds is 6. The number of hydrogen-bond donors (Lipinski definition) is 3. The fourth-order valence-corrected chi connectivity index (χ4v) is 0.935. The van der Waals surface area contributed by atoms with Gasteiger partial charge in [0.2, 0.25) is 5.91 Å². The van der Waals surface area contributed by atoms with Crippen LogP contribution in [0.2, 0.25) is 0 Å². The summed E-state index contributed by atoms with van der Waals surface area (Å²) < 4.78 is 4.61. The predicted octanol–water partition coefficient (Wildman–Crippen LogP) is -1.03. The largest absolute Gasteiger partial charge is 0.456 e. The minimum Gasteiger partial charge on any atom is -0.456 e. The van der Waals surface area contributed by atoms with E-state index in [1.54, 1.807) is 6.92 Å². The molecule has 0 saturated carbocycles. The van der Waals surface area contributed by atoms with Gasteiger partial charge >= 0.3 is 5.97 Å². The summed E-state index contributed by atoms with van der Waals surface area (Å²) in [5.41, 5.74) is 5.39. The Balaban J connectivity index is 3.72. The number of hydrogen-bond acceptors (Lipinski definition) is 5. The van der Waals surface area contributed by atoms with Crippen molar-refractivity contribution in [2.75, 3.05) is 13.2 Å². The van der Waals surface area contributed by atoms with Crippen molar-refractivity contribution < 1.29 is 19.1 Å². The Morgan fingerprint density at radius 1 is 1.39 bits per heavy atom. The van der Waals surface area contributed by atoms with E-state index in [0.29, 0.717) is 5.57 Å². The molecule has 0 aromatic rings. The Kier molecular flexibility index (Phi) is 7.29. The van der Waals surface area contributed by atoms with Crippen LogP contribution in [0.5, 0.6) is 0 Å². The average Bonchev–Trinajstić information content (AvgIpc) is 2.25. The monoisotopic (exact) mass is 273 g/mol. The van der Waals surface area contributed by atoms with Crippen LogP contribution in [0.25, 0.3) is 0 Å². The van der Waals surface area contributed by atoms with Gasteiger partial charge in [-0.05, 0) is 19.1 Å². The Morgan fingerprint density at radius 3 is 2.50 bits per heavy atom. The molecular formula is C10H15N3O4S. The molecule has 0 aromatic heterocycles. The van der Waals surface area contributed by atoms with Crippen molar-refractivity contribution in [3.05, 3.63) is 12.2 Å². The number of nitrogens with two attached hydrogens (primary N) is 1. The zero-order valence-electron chi connectivity index (χ0n) is 9.95. The van der Waals surface area contributed by atoms with Gasteiger partial charge in [-0.1, -0.05) is 6.58 Å². The second-order valence-corrected chi connectivity index (χ2v) is 3.80. The predicted molar refractivity (Wildman–Crippen MR) is 68.3 cm³/mol. The first-order chi connectivity index (χ1) is 8.32. The molecule has 0 bridgehead atoms. The van der Waals surface area contributed by atoms with Crippen molar-refractivity contribution in [2.24, 2.45) is 5.73 Å². The topological polar surface area (TPSA) is 111 Å². The van der Waals surface area contributed by atoms with E-state index in [4.69, 9.17) is 5.73 Å². The van der Waals surface area contributed by atoms with E-state index in [9.17, 15) is 14.4 Å². The van der Waals surface area contributed by atoms with Gasteiger partial charge in [-0.15, -0.1) is 0 Å². The van der Waals surface area contributed by atoms with Crippen molar-refractivity contribution in [3.63, 3.8) is 0 Å². The van der Waals surface area contributed by atoms with Gasteiger partial charge < -0.3 is 21.1 Å². The molecular weight excluding hydrogens is 258 g/mol. The standard InChI is InChI=1S/C10H15N3O4S/c1-6(2)9(16)12-4-3-8(15)17-5-7(14)13-10(11)18/h1,3-5H2,2H3,(H,12,16)(H3,11,13,14,18). The first-order valence-corrected chi connectivity index (χ1v) is 5.42. The number of amides is 2. The molecule has 0 radical (unpaired) electrons. The maximum atomic E-state index is 11.1. The second kappa shape index (κ2) is 8.18. The summed E-state index contributed by atoms with van der Waals surface area (Å²) in [4.78, 5) is 33.2. The molecule has 8 heteroatoms. The summed E-state index contributed by atoms with van der Waals surface area (Å²) >= 11 is 4.42. The summed E-state index contributed by atoms with van der Waals surface area (Å²) in [7, 11) is 0. The second-order valence-electron chi connectivity index (χ2n) is 3.36. The van der Waals surface area contributed by atoms with Crippen molar-refractivity contribution in [1.82, 2.24) is 10.6 Å². The van der Waals surface area contributed by atoms with Crippen LogP contribution < -0.4 is 16.4 Å². The normalized spacial score (nSPS) is 9.17. The van der Waals surface area contributed by atoms with Crippen LogP contribution in [0.15, 0.2) is 12.2 Å². The number of thiocarbonyl (C=S) groups is 1. The van der Waals surface area contributed by atoms with E-state index in [1.165, 1.54) is 0 Å². The maximum Gasteiger partial charge on any atom is 0.308 e. The fraction of sp³-hybridized carbons (Fsp3) is 0.400. The summed E-state index contributed by atoms with van der Waals surface area (Å²) in [6, 6.07) is 0. The lowest BCUT2D eigenvalue weighted by molar-refractivity contribution is -0.148. The maximum absolute atomic E-state index is 11.1. The molecule has 0 atom stereocenters. The van der Waals surface area contributed by atoms with E-state index in [2.05, 4.69) is 34.2 Å². The highest BCUT2D eigenvalue weighted by atomic mass is 32.1. The van der Waals surface area contributed by atoms with Gasteiger partial charge in [-0.2, -0.15) is 0 Å². The third kappa shape index (κ3) is 8.22. The zero-order valence-corrected chi connectivity index (χ0v) is 10.8. The van der Waals surface area contributed by atoms with E-state index in [1.807, 2.05) is 0 Å². The van der Waals surface area contributed by atoms with Crippen molar-refractivity contribution in [3.8, 4) is 0 Å². The van der Waals surface area contributed by atoms with Crippen LogP contribution in [0.4, 0.5) is 0 Å². The molecule has 4 N–H and O–H groups in total. The lowest BCUT2D eigenvalue weighted by Gasteiger charge is -2.06. The third-order valence-electron chi connectivity index (χ3n) is 1.63. The highest BCUT2D eigenvalue weighted by Gasteiger charge is 2.08. The highest BCUT2D eigenvalue weighted by molar-refractivity contribution is 7.80. The Morgan fingerprint density at radius 2 is 2.00 bits per heavy atom. The molecule has 18 heavy (non-hydrogen) atoms. The number of carbonyl (C=O) groups excluding carboxylic acids is 3. The Bertz CT molecular complexity index is 381. The van der Waals surface area contributed by atoms with Crippen molar-refractivity contribution in [1.29, 1.82) is 0 Å². The molecule has 0 aliphatic heterocycles. The van der Waals surface area contributed by atoms with Crippen LogP contribution in [0.1, 0.15) is 13.3 Å². The number of esters is 1. The highest BCUT2D eigenvalue weighted by Crippen LogP contribution is 1.88.